The fraction of sp³-hybridized carbons (Fsp3) is 0.731. The number of rotatable bonds is 3. The molecule has 0 radical (unpaired) electrons. The monoisotopic (exact) mass is 459 g/mol. The minimum atomic E-state index is -0.900. The van der Waals surface area contributed by atoms with Crippen molar-refractivity contribution in [2.45, 2.75) is 74.5 Å². The predicted molar refractivity (Wildman–Crippen MR) is 123 cm³/mol. The van der Waals surface area contributed by atoms with Gasteiger partial charge in [0.05, 0.1) is 18.1 Å². The summed E-state index contributed by atoms with van der Waals surface area (Å²) in [6.07, 6.45) is 6.54. The van der Waals surface area contributed by atoms with Crippen LogP contribution in [0.2, 0.25) is 0 Å². The van der Waals surface area contributed by atoms with Crippen LogP contribution in [-0.4, -0.2) is 77.7 Å². The molecule has 3 N–H and O–H groups in total. The van der Waals surface area contributed by atoms with Crippen molar-refractivity contribution >= 4 is 5.78 Å². The molecule has 0 amide bonds. The van der Waals surface area contributed by atoms with Gasteiger partial charge in [-0.05, 0) is 69.2 Å². The Kier molecular flexibility index (Phi) is 5.96. The van der Waals surface area contributed by atoms with Crippen LogP contribution in [-0.2, 0) is 16.6 Å². The molecule has 182 valence electrons. The SMILES string of the molecule is COc1ccc2c3c1O[C@H]1C(=O)CC[C@@]4(O)[C@@H](C2)N(C)CC[C@]314.OC[C@H]1CCCC[C@@H]1CO. The van der Waals surface area contributed by atoms with Crippen LogP contribution in [0.25, 0.3) is 0 Å². The zero-order chi connectivity index (χ0) is 23.4. The van der Waals surface area contributed by atoms with E-state index >= 15 is 0 Å². The molecule has 1 spiro atoms. The van der Waals surface area contributed by atoms with Gasteiger partial charge in [-0.25, -0.2) is 0 Å². The maximum Gasteiger partial charge on any atom is 0.174 e. The second-order valence-electron chi connectivity index (χ2n) is 10.6. The quantitative estimate of drug-likeness (QED) is 0.634. The van der Waals surface area contributed by atoms with E-state index in [9.17, 15) is 9.90 Å². The van der Waals surface area contributed by atoms with Crippen molar-refractivity contribution in [1.29, 1.82) is 0 Å². The van der Waals surface area contributed by atoms with Gasteiger partial charge in [-0.3, -0.25) is 4.79 Å². The molecule has 3 aliphatic carbocycles. The summed E-state index contributed by atoms with van der Waals surface area (Å²) in [5.41, 5.74) is 0.737. The average Bonchev–Trinajstić information content (AvgIpc) is 3.20. The number of ketones is 1. The molecule has 3 fully saturated rings. The Morgan fingerprint density at radius 2 is 1.85 bits per heavy atom. The first-order chi connectivity index (χ1) is 15.9. The average molecular weight is 460 g/mol. The number of hydrogen-bond acceptors (Lipinski definition) is 7. The van der Waals surface area contributed by atoms with Crippen molar-refractivity contribution in [1.82, 2.24) is 4.90 Å². The van der Waals surface area contributed by atoms with Gasteiger partial charge >= 0.3 is 0 Å². The third-order valence-electron chi connectivity index (χ3n) is 9.27. The van der Waals surface area contributed by atoms with Crippen LogP contribution in [0.3, 0.4) is 0 Å². The van der Waals surface area contributed by atoms with Crippen molar-refractivity contribution in [3.05, 3.63) is 23.3 Å². The van der Waals surface area contributed by atoms with E-state index in [0.717, 1.165) is 37.8 Å². The summed E-state index contributed by atoms with van der Waals surface area (Å²) >= 11 is 0. The minimum absolute atomic E-state index is 0.0438. The van der Waals surface area contributed by atoms with Crippen molar-refractivity contribution in [3.63, 3.8) is 0 Å². The highest BCUT2D eigenvalue weighted by Gasteiger charge is 2.72. The lowest BCUT2D eigenvalue weighted by molar-refractivity contribution is -0.185. The van der Waals surface area contributed by atoms with Gasteiger partial charge < -0.3 is 29.7 Å². The largest absolute Gasteiger partial charge is 0.493 e. The third-order valence-corrected chi connectivity index (χ3v) is 9.27. The molecule has 5 aliphatic rings. The van der Waals surface area contributed by atoms with Crippen LogP contribution in [0, 0.1) is 11.8 Å². The predicted octanol–water partition coefficient (Wildman–Crippen LogP) is 1.83. The molecule has 0 unspecified atom stereocenters. The lowest BCUT2D eigenvalue weighted by atomic mass is 9.49. The number of piperidine rings is 1. The maximum atomic E-state index is 12.7. The van der Waals surface area contributed by atoms with Gasteiger partial charge in [-0.2, -0.15) is 0 Å². The van der Waals surface area contributed by atoms with E-state index < -0.39 is 17.1 Å². The lowest BCUT2D eigenvalue weighted by Crippen LogP contribution is -2.76. The molecule has 6 rings (SSSR count). The number of likely N-dealkylation sites (tertiary alicyclic amines) is 1. The molecule has 6 atom stereocenters. The minimum Gasteiger partial charge on any atom is -0.493 e. The highest BCUT2D eigenvalue weighted by Crippen LogP contribution is 2.64. The number of Topliss-reactive ketones (excluding diaryl/α,β-unsaturated/α-hetero) is 1. The number of nitrogens with zero attached hydrogens (tertiary/aromatic N) is 1. The summed E-state index contributed by atoms with van der Waals surface area (Å²) in [5, 5.41) is 29.5. The van der Waals surface area contributed by atoms with Gasteiger partial charge in [0, 0.05) is 31.2 Å². The van der Waals surface area contributed by atoms with Gasteiger partial charge in [-0.1, -0.05) is 18.9 Å². The standard InChI is InChI=1S/C18H21NO4.C8H16O2/c1-19-8-7-17-14-10-3-4-12(22-2)15(14)23-16(17)11(20)5-6-18(17,21)13(19)9-10;9-5-7-3-1-2-4-8(7)6-10/h3-4,13,16,21H,5-9H2,1-2H3;7-10H,1-6H2/t13-,16+,17+,18-;7-,8-/m11/s1. The number of aliphatic hydroxyl groups is 3. The van der Waals surface area contributed by atoms with Gasteiger partial charge in [-0.15, -0.1) is 0 Å². The Hall–Kier alpha value is -1.67. The Morgan fingerprint density at radius 3 is 2.48 bits per heavy atom. The highest BCUT2D eigenvalue weighted by atomic mass is 16.5. The molecule has 1 aromatic carbocycles. The fourth-order valence-corrected chi connectivity index (χ4v) is 7.45. The van der Waals surface area contributed by atoms with Crippen molar-refractivity contribution in [3.8, 4) is 11.5 Å². The van der Waals surface area contributed by atoms with E-state index in [4.69, 9.17) is 19.7 Å². The number of likely N-dealkylation sites (N-methyl/N-ethyl adjacent to an activating group) is 1. The smallest absolute Gasteiger partial charge is 0.174 e. The van der Waals surface area contributed by atoms with E-state index in [1.165, 1.54) is 18.4 Å². The summed E-state index contributed by atoms with van der Waals surface area (Å²) < 4.78 is 11.6. The normalized spacial score (nSPS) is 38.6. The van der Waals surface area contributed by atoms with Gasteiger partial charge in [0.2, 0.25) is 0 Å². The first-order valence-corrected chi connectivity index (χ1v) is 12.4. The molecule has 2 saturated carbocycles. The molecule has 1 saturated heterocycles. The van der Waals surface area contributed by atoms with Crippen LogP contribution in [0.15, 0.2) is 12.1 Å². The summed E-state index contributed by atoms with van der Waals surface area (Å²) in [4.78, 5) is 14.9. The number of benzene rings is 1. The van der Waals surface area contributed by atoms with Gasteiger partial charge in [0.1, 0.15) is 0 Å². The van der Waals surface area contributed by atoms with Gasteiger partial charge in [0.25, 0.3) is 0 Å². The summed E-state index contributed by atoms with van der Waals surface area (Å²) in [5.74, 6) is 2.22. The number of ether oxygens (including phenoxy) is 2. The summed E-state index contributed by atoms with van der Waals surface area (Å²) in [7, 11) is 3.70. The number of carbonyl (C=O) groups excluding carboxylic acids is 1. The Labute approximate surface area is 195 Å². The van der Waals surface area contributed by atoms with Crippen molar-refractivity contribution < 1.29 is 29.6 Å². The van der Waals surface area contributed by atoms with Crippen LogP contribution >= 0.6 is 0 Å². The molecule has 7 heteroatoms. The number of hydrogen-bond donors (Lipinski definition) is 3. The van der Waals surface area contributed by atoms with E-state index in [1.807, 2.05) is 6.07 Å². The number of aliphatic hydroxyl groups excluding tert-OH is 2. The van der Waals surface area contributed by atoms with Gasteiger partial charge in [0.15, 0.2) is 23.4 Å². The number of methoxy groups -OCH3 is 1. The van der Waals surface area contributed by atoms with E-state index in [1.54, 1.807) is 7.11 Å². The molecule has 2 aliphatic heterocycles. The van der Waals surface area contributed by atoms with E-state index in [-0.39, 0.29) is 25.0 Å². The topological polar surface area (TPSA) is 99.5 Å². The zero-order valence-electron chi connectivity index (χ0n) is 19.8. The third kappa shape index (κ3) is 3.19. The van der Waals surface area contributed by atoms with Crippen molar-refractivity contribution in [2.24, 2.45) is 11.8 Å². The number of carbonyl (C=O) groups is 1. The highest BCUT2D eigenvalue weighted by molar-refractivity contribution is 5.90. The van der Waals surface area contributed by atoms with Crippen LogP contribution in [0.1, 0.15) is 56.1 Å². The van der Waals surface area contributed by atoms with E-state index in [0.29, 0.717) is 36.2 Å². The van der Waals surface area contributed by atoms with Crippen LogP contribution in [0.5, 0.6) is 11.5 Å². The van der Waals surface area contributed by atoms with Crippen LogP contribution in [0.4, 0.5) is 0 Å². The molecule has 33 heavy (non-hydrogen) atoms. The first kappa shape index (κ1) is 23.1. The summed E-state index contributed by atoms with van der Waals surface area (Å²) in [6.45, 7) is 1.38. The van der Waals surface area contributed by atoms with E-state index in [2.05, 4.69) is 18.0 Å². The zero-order valence-corrected chi connectivity index (χ0v) is 19.8. The molecule has 1 aromatic rings. The first-order valence-electron chi connectivity index (χ1n) is 12.4. The molecule has 2 bridgehead atoms. The fourth-order valence-electron chi connectivity index (χ4n) is 7.45. The Morgan fingerprint density at radius 1 is 1.15 bits per heavy atom. The second-order valence-corrected chi connectivity index (χ2v) is 10.6. The Balaban J connectivity index is 0.000000193. The van der Waals surface area contributed by atoms with Crippen LogP contribution < -0.4 is 9.47 Å². The molecule has 2 heterocycles. The summed E-state index contributed by atoms with van der Waals surface area (Å²) in [6, 6.07) is 4.05. The lowest BCUT2D eigenvalue weighted by Gasteiger charge is -2.62. The molecule has 0 aromatic heterocycles. The molecular formula is C26H37NO6. The maximum absolute atomic E-state index is 12.7. The molecule has 7 nitrogen and oxygen atoms in total. The second kappa shape index (κ2) is 8.52. The Bertz CT molecular complexity index is 908. The van der Waals surface area contributed by atoms with Crippen molar-refractivity contribution in [2.75, 3.05) is 33.9 Å². The molecular weight excluding hydrogens is 422 g/mol.